The van der Waals surface area contributed by atoms with Crippen molar-refractivity contribution in [1.29, 1.82) is 5.26 Å². The average molecular weight is 276 g/mol. The molecule has 0 fully saturated rings. The van der Waals surface area contributed by atoms with Crippen LogP contribution in [0.2, 0.25) is 0 Å². The van der Waals surface area contributed by atoms with E-state index in [1.54, 1.807) is 31.3 Å². The smallest absolute Gasteiger partial charge is 0.256 e. The third-order valence-corrected chi connectivity index (χ3v) is 4.05. The summed E-state index contributed by atoms with van der Waals surface area (Å²) >= 11 is 0. The summed E-state index contributed by atoms with van der Waals surface area (Å²) in [6.07, 6.45) is 1.42. The van der Waals surface area contributed by atoms with E-state index in [0.29, 0.717) is 5.56 Å². The fraction of sp³-hybridized carbons (Fsp3) is 0.167. The Bertz CT molecular complexity index is 728. The van der Waals surface area contributed by atoms with Crippen molar-refractivity contribution in [1.82, 2.24) is 14.5 Å². The van der Waals surface area contributed by atoms with Gasteiger partial charge in [-0.25, -0.2) is 13.1 Å². The van der Waals surface area contributed by atoms with E-state index in [0.717, 1.165) is 5.56 Å². The zero-order chi connectivity index (χ0) is 13.9. The van der Waals surface area contributed by atoms with E-state index in [4.69, 9.17) is 5.26 Å². The third kappa shape index (κ3) is 2.99. The van der Waals surface area contributed by atoms with Crippen molar-refractivity contribution in [2.45, 2.75) is 11.6 Å². The second-order valence-corrected chi connectivity index (χ2v) is 5.64. The lowest BCUT2D eigenvalue weighted by molar-refractivity contribution is 0.563. The van der Waals surface area contributed by atoms with Crippen LogP contribution in [0.3, 0.4) is 0 Å². The number of nitrogens with zero attached hydrogens (tertiary/aromatic N) is 3. The first-order valence-corrected chi connectivity index (χ1v) is 6.98. The van der Waals surface area contributed by atoms with Gasteiger partial charge in [0, 0.05) is 13.6 Å². The largest absolute Gasteiger partial charge is 0.258 e. The quantitative estimate of drug-likeness (QED) is 0.893. The van der Waals surface area contributed by atoms with Gasteiger partial charge in [0.1, 0.15) is 0 Å². The molecule has 0 unspecified atom stereocenters. The van der Waals surface area contributed by atoms with Gasteiger partial charge in [-0.1, -0.05) is 12.1 Å². The van der Waals surface area contributed by atoms with Gasteiger partial charge >= 0.3 is 0 Å². The number of hydrogen-bond donors (Lipinski definition) is 1. The van der Waals surface area contributed by atoms with Crippen molar-refractivity contribution < 1.29 is 8.42 Å². The first kappa shape index (κ1) is 13.3. The number of rotatable bonds is 4. The van der Waals surface area contributed by atoms with Crippen LogP contribution >= 0.6 is 0 Å². The molecule has 6 nitrogen and oxygen atoms in total. The van der Waals surface area contributed by atoms with Crippen molar-refractivity contribution in [3.05, 3.63) is 47.7 Å². The highest BCUT2D eigenvalue weighted by Crippen LogP contribution is 2.08. The maximum Gasteiger partial charge on any atom is 0.258 e. The molecule has 1 aromatic heterocycles. The Morgan fingerprint density at radius 1 is 1.42 bits per heavy atom. The van der Waals surface area contributed by atoms with Crippen LogP contribution in [0.4, 0.5) is 0 Å². The molecule has 2 rings (SSSR count). The number of benzene rings is 1. The maximum atomic E-state index is 12.0. The van der Waals surface area contributed by atoms with Crippen LogP contribution in [-0.2, 0) is 23.6 Å². The molecule has 0 spiro atoms. The number of hydrogen-bond acceptors (Lipinski definition) is 4. The van der Waals surface area contributed by atoms with Crippen molar-refractivity contribution >= 4 is 10.0 Å². The van der Waals surface area contributed by atoms with Gasteiger partial charge in [-0.15, -0.1) is 0 Å². The maximum absolute atomic E-state index is 12.0. The molecule has 1 aromatic carbocycles. The van der Waals surface area contributed by atoms with Crippen LogP contribution in [0.25, 0.3) is 0 Å². The zero-order valence-electron chi connectivity index (χ0n) is 10.2. The lowest BCUT2D eigenvalue weighted by atomic mass is 10.1. The van der Waals surface area contributed by atoms with Crippen molar-refractivity contribution in [3.8, 4) is 6.07 Å². The normalized spacial score (nSPS) is 11.2. The number of sulfonamides is 1. The zero-order valence-corrected chi connectivity index (χ0v) is 11.1. The molecule has 0 amide bonds. The van der Waals surface area contributed by atoms with E-state index in [1.165, 1.54) is 16.9 Å². The Kier molecular flexibility index (Phi) is 3.64. The Morgan fingerprint density at radius 2 is 2.21 bits per heavy atom. The van der Waals surface area contributed by atoms with E-state index in [-0.39, 0.29) is 11.6 Å². The molecule has 0 bridgehead atoms. The third-order valence-electron chi connectivity index (χ3n) is 2.57. The highest BCUT2D eigenvalue weighted by Gasteiger charge is 2.17. The van der Waals surface area contributed by atoms with Gasteiger partial charge in [-0.2, -0.15) is 10.4 Å². The first-order valence-electron chi connectivity index (χ1n) is 5.49. The predicted octanol–water partition coefficient (Wildman–Crippen LogP) is 0.770. The average Bonchev–Trinajstić information content (AvgIpc) is 2.84. The first-order chi connectivity index (χ1) is 9.03. The van der Waals surface area contributed by atoms with E-state index < -0.39 is 10.0 Å². The number of nitriles is 1. The van der Waals surface area contributed by atoms with Crippen LogP contribution in [-0.4, -0.2) is 18.2 Å². The molecule has 0 atom stereocenters. The Hall–Kier alpha value is -2.17. The van der Waals surface area contributed by atoms with Gasteiger partial charge in [0.25, 0.3) is 10.0 Å². The molecule has 19 heavy (non-hydrogen) atoms. The molecule has 0 aliphatic rings. The van der Waals surface area contributed by atoms with Crippen LogP contribution in [0, 0.1) is 11.3 Å². The van der Waals surface area contributed by atoms with Gasteiger partial charge in [0.15, 0.2) is 5.03 Å². The summed E-state index contributed by atoms with van der Waals surface area (Å²) in [6, 6.07) is 10.2. The highest BCUT2D eigenvalue weighted by molar-refractivity contribution is 7.89. The number of aromatic nitrogens is 2. The van der Waals surface area contributed by atoms with Crippen molar-refractivity contribution in [2.24, 2.45) is 7.05 Å². The molecule has 0 radical (unpaired) electrons. The second-order valence-electron chi connectivity index (χ2n) is 3.93. The Labute approximate surface area is 111 Å². The fourth-order valence-corrected chi connectivity index (χ4v) is 2.77. The molecule has 0 saturated carbocycles. The summed E-state index contributed by atoms with van der Waals surface area (Å²) in [7, 11) is -2.04. The fourth-order valence-electron chi connectivity index (χ4n) is 1.63. The van der Waals surface area contributed by atoms with Crippen molar-refractivity contribution in [2.75, 3.05) is 0 Å². The van der Waals surface area contributed by atoms with Gasteiger partial charge < -0.3 is 0 Å². The van der Waals surface area contributed by atoms with Crippen molar-refractivity contribution in [3.63, 3.8) is 0 Å². The van der Waals surface area contributed by atoms with Gasteiger partial charge in [0.2, 0.25) is 0 Å². The molecule has 0 aliphatic carbocycles. The van der Waals surface area contributed by atoms with E-state index >= 15 is 0 Å². The van der Waals surface area contributed by atoms with Crippen LogP contribution in [0.1, 0.15) is 11.1 Å². The number of aryl methyl sites for hydroxylation is 1. The molecular formula is C12H12N4O2S. The molecule has 7 heteroatoms. The predicted molar refractivity (Wildman–Crippen MR) is 68.4 cm³/mol. The summed E-state index contributed by atoms with van der Waals surface area (Å²) in [5, 5.41) is 12.7. The van der Waals surface area contributed by atoms with E-state index in [2.05, 4.69) is 9.82 Å². The lowest BCUT2D eigenvalue weighted by Gasteiger charge is -2.07. The van der Waals surface area contributed by atoms with E-state index in [1.807, 2.05) is 6.07 Å². The van der Waals surface area contributed by atoms with Gasteiger partial charge in [0.05, 0.1) is 17.8 Å². The molecule has 98 valence electrons. The van der Waals surface area contributed by atoms with Crippen LogP contribution < -0.4 is 4.72 Å². The van der Waals surface area contributed by atoms with Gasteiger partial charge in [-0.3, -0.25) is 4.68 Å². The van der Waals surface area contributed by atoms with Gasteiger partial charge in [-0.05, 0) is 23.8 Å². The standard InChI is InChI=1S/C12H12N4O2S/c1-16-12(5-6-14-16)19(17,18)15-9-11-4-2-3-10(7-11)8-13/h2-7,15H,9H2,1H3. The molecule has 1 N–H and O–H groups in total. The summed E-state index contributed by atoms with van der Waals surface area (Å²) in [6.45, 7) is 0.128. The molecule has 1 heterocycles. The molecule has 0 aliphatic heterocycles. The second kappa shape index (κ2) is 5.22. The van der Waals surface area contributed by atoms with E-state index in [9.17, 15) is 8.42 Å². The Balaban J connectivity index is 2.15. The SMILES string of the molecule is Cn1nccc1S(=O)(=O)NCc1cccc(C#N)c1. The summed E-state index contributed by atoms with van der Waals surface area (Å²) in [5.41, 5.74) is 1.22. The molecule has 2 aromatic rings. The lowest BCUT2D eigenvalue weighted by Crippen LogP contribution is -2.25. The molecular weight excluding hydrogens is 264 g/mol. The summed E-state index contributed by atoms with van der Waals surface area (Å²) in [4.78, 5) is 0. The topological polar surface area (TPSA) is 87.8 Å². The monoisotopic (exact) mass is 276 g/mol. The summed E-state index contributed by atoms with van der Waals surface area (Å²) in [5.74, 6) is 0. The highest BCUT2D eigenvalue weighted by atomic mass is 32.2. The Morgan fingerprint density at radius 3 is 2.84 bits per heavy atom. The number of nitrogens with one attached hydrogen (secondary N) is 1. The minimum absolute atomic E-state index is 0.101. The van der Waals surface area contributed by atoms with Crippen LogP contribution in [0.5, 0.6) is 0 Å². The van der Waals surface area contributed by atoms with Crippen LogP contribution in [0.15, 0.2) is 41.6 Å². The minimum atomic E-state index is -3.60. The summed E-state index contributed by atoms with van der Waals surface area (Å²) < 4.78 is 27.8. The minimum Gasteiger partial charge on any atom is -0.256 e. The molecule has 0 saturated heterocycles.